The fraction of sp³-hybridized carbons (Fsp3) is 0.381. The van der Waals surface area contributed by atoms with E-state index in [1.807, 2.05) is 6.07 Å². The number of sulfonamides is 1. The number of nitrogens with zero attached hydrogens (tertiary/aromatic N) is 4. The van der Waals surface area contributed by atoms with Gasteiger partial charge in [-0.3, -0.25) is 9.52 Å². The molecule has 1 aliphatic rings. The first-order valence-corrected chi connectivity index (χ1v) is 12.0. The van der Waals surface area contributed by atoms with Crippen molar-refractivity contribution in [1.29, 1.82) is 0 Å². The van der Waals surface area contributed by atoms with Crippen molar-refractivity contribution in [2.24, 2.45) is 0 Å². The molecule has 170 valence electrons. The number of halogens is 2. The topological polar surface area (TPSA) is 96.7 Å². The summed E-state index contributed by atoms with van der Waals surface area (Å²) >= 11 is 0. The van der Waals surface area contributed by atoms with Gasteiger partial charge >= 0.3 is 0 Å². The van der Waals surface area contributed by atoms with Gasteiger partial charge in [0.05, 0.1) is 17.0 Å². The number of hydrogen-bond donors (Lipinski definition) is 1. The van der Waals surface area contributed by atoms with E-state index in [1.54, 1.807) is 13.1 Å². The van der Waals surface area contributed by atoms with Crippen molar-refractivity contribution in [3.8, 4) is 0 Å². The Morgan fingerprint density at radius 3 is 2.69 bits per heavy atom. The number of hydrogen-bond acceptors (Lipinski definition) is 6. The summed E-state index contributed by atoms with van der Waals surface area (Å²) in [7, 11) is -3.80. The molecule has 11 heteroatoms. The van der Waals surface area contributed by atoms with Crippen molar-refractivity contribution >= 4 is 33.0 Å². The van der Waals surface area contributed by atoms with Gasteiger partial charge in [-0.05, 0) is 37.0 Å². The number of ketones is 1. The van der Waals surface area contributed by atoms with Crippen LogP contribution < -0.4 is 9.62 Å². The van der Waals surface area contributed by atoms with Gasteiger partial charge in [0, 0.05) is 38.0 Å². The molecule has 0 radical (unpaired) electrons. The Bertz CT molecular complexity index is 1270. The van der Waals surface area contributed by atoms with E-state index >= 15 is 0 Å². The van der Waals surface area contributed by atoms with E-state index < -0.39 is 38.7 Å². The van der Waals surface area contributed by atoms with Crippen molar-refractivity contribution in [3.05, 3.63) is 53.4 Å². The third-order valence-corrected chi connectivity index (χ3v) is 6.73. The molecule has 0 aliphatic carbocycles. The molecule has 4 rings (SSSR count). The molecular weight excluding hydrogens is 440 g/mol. The zero-order chi connectivity index (χ0) is 22.9. The van der Waals surface area contributed by atoms with Gasteiger partial charge in [0.2, 0.25) is 10.0 Å². The lowest BCUT2D eigenvalue weighted by molar-refractivity contribution is 0.0984. The average Bonchev–Trinajstić information content (AvgIpc) is 3.39. The zero-order valence-electron chi connectivity index (χ0n) is 17.5. The predicted molar refractivity (Wildman–Crippen MR) is 117 cm³/mol. The Labute approximate surface area is 184 Å². The fourth-order valence-corrected chi connectivity index (χ4v) is 4.88. The number of benzene rings is 1. The number of rotatable bonds is 8. The van der Waals surface area contributed by atoms with Crippen LogP contribution in [-0.4, -0.2) is 47.6 Å². The zero-order valence-corrected chi connectivity index (χ0v) is 18.3. The maximum Gasteiger partial charge on any atom is 0.232 e. The lowest BCUT2D eigenvalue weighted by atomic mass is 10.0. The van der Waals surface area contributed by atoms with Crippen molar-refractivity contribution in [1.82, 2.24) is 14.6 Å². The van der Waals surface area contributed by atoms with E-state index in [0.29, 0.717) is 17.6 Å². The number of aromatic nitrogens is 3. The minimum absolute atomic E-state index is 0.220. The van der Waals surface area contributed by atoms with Crippen LogP contribution in [0, 0.1) is 11.6 Å². The van der Waals surface area contributed by atoms with E-state index in [0.717, 1.165) is 43.9 Å². The highest BCUT2D eigenvalue weighted by molar-refractivity contribution is 7.92. The number of Topliss-reactive ketones (excluding diaryl/α,β-unsaturated/α-hetero) is 1. The highest BCUT2D eigenvalue weighted by Gasteiger charge is 2.23. The maximum absolute atomic E-state index is 14.9. The Morgan fingerprint density at radius 1 is 1.22 bits per heavy atom. The number of anilines is 2. The summed E-state index contributed by atoms with van der Waals surface area (Å²) in [4.78, 5) is 19.2. The largest absolute Gasteiger partial charge is 0.355 e. The molecule has 0 amide bonds. The van der Waals surface area contributed by atoms with Gasteiger partial charge in [0.25, 0.3) is 0 Å². The molecule has 0 bridgehead atoms. The van der Waals surface area contributed by atoms with Crippen LogP contribution in [0.1, 0.15) is 42.1 Å². The lowest BCUT2D eigenvalue weighted by Gasteiger charge is -2.12. The van der Waals surface area contributed by atoms with Crippen LogP contribution in [0.25, 0.3) is 5.65 Å². The molecule has 32 heavy (non-hydrogen) atoms. The molecule has 3 heterocycles. The second kappa shape index (κ2) is 8.81. The monoisotopic (exact) mass is 463 g/mol. The average molecular weight is 464 g/mol. The van der Waals surface area contributed by atoms with E-state index in [9.17, 15) is 22.0 Å². The van der Waals surface area contributed by atoms with E-state index in [1.165, 1.54) is 10.7 Å². The van der Waals surface area contributed by atoms with Gasteiger partial charge < -0.3 is 4.90 Å². The molecule has 0 unspecified atom stereocenters. The van der Waals surface area contributed by atoms with Crippen molar-refractivity contribution < 1.29 is 22.0 Å². The van der Waals surface area contributed by atoms with Crippen LogP contribution in [0.4, 0.5) is 20.3 Å². The van der Waals surface area contributed by atoms with Gasteiger partial charge in [-0.2, -0.15) is 0 Å². The van der Waals surface area contributed by atoms with Crippen molar-refractivity contribution in [3.63, 3.8) is 0 Å². The molecule has 2 aromatic heterocycles. The summed E-state index contributed by atoms with van der Waals surface area (Å²) < 4.78 is 56.7. The Morgan fingerprint density at radius 2 is 1.97 bits per heavy atom. The molecule has 0 spiro atoms. The van der Waals surface area contributed by atoms with Crippen LogP contribution in [0.15, 0.2) is 30.6 Å². The highest BCUT2D eigenvalue weighted by atomic mass is 32.2. The summed E-state index contributed by atoms with van der Waals surface area (Å²) in [6, 6.07) is 3.69. The standard InChI is InChI=1S/C21H23F2N5O3S/c1-2-9-32(30,31)26-16-6-5-15(22)20(21(16)23)17(29)10-14-12-24-18-11-19(25-28(18)13-14)27-7-3-4-8-27/h5-6,11-13,26H,2-4,7-10H2,1H3. The molecule has 1 saturated heterocycles. The molecule has 0 atom stereocenters. The van der Waals surface area contributed by atoms with Crippen LogP contribution >= 0.6 is 0 Å². The van der Waals surface area contributed by atoms with Gasteiger partial charge in [-0.1, -0.05) is 6.92 Å². The van der Waals surface area contributed by atoms with Gasteiger partial charge in [-0.15, -0.1) is 5.10 Å². The van der Waals surface area contributed by atoms with Gasteiger partial charge in [-0.25, -0.2) is 26.7 Å². The first-order valence-electron chi connectivity index (χ1n) is 10.4. The number of carbonyl (C=O) groups is 1. The van der Waals surface area contributed by atoms with Crippen molar-refractivity contribution in [2.45, 2.75) is 32.6 Å². The first-order chi connectivity index (χ1) is 15.3. The molecule has 1 aromatic carbocycles. The predicted octanol–water partition coefficient (Wildman–Crippen LogP) is 3.18. The minimum atomic E-state index is -3.80. The molecule has 1 fully saturated rings. The summed E-state index contributed by atoms with van der Waals surface area (Å²) in [5.74, 6) is -2.55. The number of carbonyl (C=O) groups excluding carboxylic acids is 1. The Kier molecular flexibility index (Phi) is 6.09. The van der Waals surface area contributed by atoms with E-state index in [-0.39, 0.29) is 12.2 Å². The second-order valence-electron chi connectivity index (χ2n) is 7.77. The molecular formula is C21H23F2N5O3S. The van der Waals surface area contributed by atoms with Crippen LogP contribution in [0.2, 0.25) is 0 Å². The number of fused-ring (bicyclic) bond motifs is 1. The Balaban J connectivity index is 1.58. The fourth-order valence-electron chi connectivity index (χ4n) is 3.74. The van der Waals surface area contributed by atoms with E-state index in [2.05, 4.69) is 19.7 Å². The normalized spacial score (nSPS) is 14.3. The molecule has 8 nitrogen and oxygen atoms in total. The summed E-state index contributed by atoms with van der Waals surface area (Å²) in [6.07, 6.45) is 5.28. The lowest BCUT2D eigenvalue weighted by Crippen LogP contribution is -2.19. The van der Waals surface area contributed by atoms with Crippen molar-refractivity contribution in [2.75, 3.05) is 28.5 Å². The maximum atomic E-state index is 14.9. The van der Waals surface area contributed by atoms with E-state index in [4.69, 9.17) is 0 Å². The Hall–Kier alpha value is -3.08. The second-order valence-corrected chi connectivity index (χ2v) is 9.61. The SMILES string of the molecule is CCCS(=O)(=O)Nc1ccc(F)c(C(=O)Cc2cnc3cc(N4CCCC4)nn3c2)c1F. The molecule has 1 aliphatic heterocycles. The third-order valence-electron chi connectivity index (χ3n) is 5.26. The molecule has 0 saturated carbocycles. The quantitative estimate of drug-likeness (QED) is 0.516. The van der Waals surface area contributed by atoms with Crippen LogP contribution in [0.5, 0.6) is 0 Å². The highest BCUT2D eigenvalue weighted by Crippen LogP contribution is 2.24. The van der Waals surface area contributed by atoms with Gasteiger partial charge in [0.1, 0.15) is 5.82 Å². The third kappa shape index (κ3) is 4.57. The minimum Gasteiger partial charge on any atom is -0.355 e. The summed E-state index contributed by atoms with van der Waals surface area (Å²) in [6.45, 7) is 3.51. The first kappa shape index (κ1) is 22.1. The van der Waals surface area contributed by atoms with Crippen LogP contribution in [0.3, 0.4) is 0 Å². The molecule has 3 aromatic rings. The smallest absolute Gasteiger partial charge is 0.232 e. The molecule has 1 N–H and O–H groups in total. The number of nitrogens with one attached hydrogen (secondary N) is 1. The summed E-state index contributed by atoms with van der Waals surface area (Å²) in [5.41, 5.74) is -0.221. The summed E-state index contributed by atoms with van der Waals surface area (Å²) in [5, 5.41) is 4.49. The van der Waals surface area contributed by atoms with Crippen LogP contribution in [-0.2, 0) is 16.4 Å². The van der Waals surface area contributed by atoms with Gasteiger partial charge in [0.15, 0.2) is 23.1 Å².